The van der Waals surface area contributed by atoms with Crippen LogP contribution in [0.5, 0.6) is 0 Å². The SMILES string of the molecule is Cc1cccc(C)c1NC(=O)c1ccc2nc(C(C)C)oc2c1. The van der Waals surface area contributed by atoms with Crippen molar-refractivity contribution in [2.24, 2.45) is 0 Å². The second-order valence-electron chi connectivity index (χ2n) is 6.11. The van der Waals surface area contributed by atoms with E-state index in [4.69, 9.17) is 4.42 Å². The number of aromatic nitrogens is 1. The summed E-state index contributed by atoms with van der Waals surface area (Å²) in [6.07, 6.45) is 0. The van der Waals surface area contributed by atoms with Crippen LogP contribution >= 0.6 is 0 Å². The van der Waals surface area contributed by atoms with E-state index in [0.29, 0.717) is 17.0 Å². The normalized spacial score (nSPS) is 11.2. The lowest BCUT2D eigenvalue weighted by atomic mass is 10.1. The van der Waals surface area contributed by atoms with E-state index in [0.717, 1.165) is 22.3 Å². The number of nitrogens with one attached hydrogen (secondary N) is 1. The Morgan fingerprint density at radius 1 is 1.13 bits per heavy atom. The number of fused-ring (bicyclic) bond motifs is 1. The number of hydrogen-bond acceptors (Lipinski definition) is 3. The number of aryl methyl sites for hydroxylation is 2. The van der Waals surface area contributed by atoms with Crippen LogP contribution in [0, 0.1) is 13.8 Å². The fourth-order valence-corrected chi connectivity index (χ4v) is 2.53. The van der Waals surface area contributed by atoms with Gasteiger partial charge in [-0.15, -0.1) is 0 Å². The summed E-state index contributed by atoms with van der Waals surface area (Å²) in [7, 11) is 0. The summed E-state index contributed by atoms with van der Waals surface area (Å²) in [5.74, 6) is 0.758. The maximum atomic E-state index is 12.5. The largest absolute Gasteiger partial charge is 0.440 e. The molecule has 0 aliphatic rings. The molecule has 0 bridgehead atoms. The van der Waals surface area contributed by atoms with Gasteiger partial charge in [-0.1, -0.05) is 32.0 Å². The molecule has 118 valence electrons. The predicted molar refractivity (Wildman–Crippen MR) is 92.0 cm³/mol. The van der Waals surface area contributed by atoms with Gasteiger partial charge in [-0.3, -0.25) is 4.79 Å². The summed E-state index contributed by atoms with van der Waals surface area (Å²) in [5.41, 5.74) is 4.92. The molecule has 0 aliphatic carbocycles. The summed E-state index contributed by atoms with van der Waals surface area (Å²) < 4.78 is 5.73. The van der Waals surface area contributed by atoms with Gasteiger partial charge in [0.05, 0.1) is 0 Å². The number of amides is 1. The maximum Gasteiger partial charge on any atom is 0.255 e. The average Bonchev–Trinajstić information content (AvgIpc) is 2.94. The standard InChI is InChI=1S/C19H20N2O2/c1-11(2)19-20-15-9-8-14(10-16(15)23-19)18(22)21-17-12(3)6-5-7-13(17)4/h5-11H,1-4H3,(H,21,22). The van der Waals surface area contributed by atoms with Crippen LogP contribution in [-0.2, 0) is 0 Å². The van der Waals surface area contributed by atoms with Crippen molar-refractivity contribution in [1.29, 1.82) is 0 Å². The van der Waals surface area contributed by atoms with E-state index < -0.39 is 0 Å². The van der Waals surface area contributed by atoms with E-state index in [1.165, 1.54) is 0 Å². The number of nitrogens with zero attached hydrogens (tertiary/aromatic N) is 1. The zero-order valence-electron chi connectivity index (χ0n) is 13.8. The molecule has 1 amide bonds. The van der Waals surface area contributed by atoms with Gasteiger partial charge >= 0.3 is 0 Å². The van der Waals surface area contributed by atoms with Crippen LogP contribution in [0.4, 0.5) is 5.69 Å². The Morgan fingerprint density at radius 2 is 1.83 bits per heavy atom. The van der Waals surface area contributed by atoms with E-state index in [1.807, 2.05) is 52.0 Å². The number of hydrogen-bond donors (Lipinski definition) is 1. The Kier molecular flexibility index (Phi) is 3.90. The Labute approximate surface area is 135 Å². The van der Waals surface area contributed by atoms with E-state index in [2.05, 4.69) is 10.3 Å². The molecular formula is C19H20N2O2. The first kappa shape index (κ1) is 15.3. The number of anilines is 1. The number of benzene rings is 2. The molecule has 23 heavy (non-hydrogen) atoms. The predicted octanol–water partition coefficient (Wildman–Crippen LogP) is 4.82. The number of para-hydroxylation sites is 1. The minimum absolute atomic E-state index is 0.146. The Balaban J connectivity index is 1.92. The van der Waals surface area contributed by atoms with Crippen molar-refractivity contribution in [3.8, 4) is 0 Å². The van der Waals surface area contributed by atoms with Crippen LogP contribution in [-0.4, -0.2) is 10.9 Å². The van der Waals surface area contributed by atoms with Crippen molar-refractivity contribution in [1.82, 2.24) is 4.98 Å². The van der Waals surface area contributed by atoms with E-state index in [9.17, 15) is 4.79 Å². The van der Waals surface area contributed by atoms with Crippen molar-refractivity contribution in [2.45, 2.75) is 33.6 Å². The third kappa shape index (κ3) is 2.97. The molecule has 3 rings (SSSR count). The summed E-state index contributed by atoms with van der Waals surface area (Å²) in [6.45, 7) is 8.02. The Morgan fingerprint density at radius 3 is 2.48 bits per heavy atom. The Hall–Kier alpha value is -2.62. The lowest BCUT2D eigenvalue weighted by Crippen LogP contribution is -2.13. The molecule has 0 spiro atoms. The molecule has 1 heterocycles. The molecule has 1 aromatic heterocycles. The third-order valence-electron chi connectivity index (χ3n) is 3.88. The quantitative estimate of drug-likeness (QED) is 0.754. The molecule has 4 heteroatoms. The zero-order chi connectivity index (χ0) is 16.6. The van der Waals surface area contributed by atoms with E-state index in [1.54, 1.807) is 12.1 Å². The van der Waals surface area contributed by atoms with Crippen molar-refractivity contribution in [3.05, 3.63) is 59.0 Å². The summed E-state index contributed by atoms with van der Waals surface area (Å²) in [4.78, 5) is 17.0. The molecular weight excluding hydrogens is 288 g/mol. The minimum atomic E-state index is -0.146. The smallest absolute Gasteiger partial charge is 0.255 e. The first-order valence-electron chi connectivity index (χ1n) is 7.74. The van der Waals surface area contributed by atoms with Gasteiger partial charge in [0.1, 0.15) is 5.52 Å². The van der Waals surface area contributed by atoms with Crippen LogP contribution in [0.1, 0.15) is 47.1 Å². The van der Waals surface area contributed by atoms with Gasteiger partial charge in [0, 0.05) is 17.2 Å². The molecule has 0 fully saturated rings. The highest BCUT2D eigenvalue weighted by molar-refractivity contribution is 6.06. The van der Waals surface area contributed by atoms with Gasteiger partial charge in [-0.2, -0.15) is 0 Å². The van der Waals surface area contributed by atoms with Crippen LogP contribution in [0.15, 0.2) is 40.8 Å². The lowest BCUT2D eigenvalue weighted by molar-refractivity contribution is 0.102. The second-order valence-corrected chi connectivity index (χ2v) is 6.11. The number of rotatable bonds is 3. The van der Waals surface area contributed by atoms with Crippen LogP contribution in [0.3, 0.4) is 0 Å². The topological polar surface area (TPSA) is 55.1 Å². The van der Waals surface area contributed by atoms with Gasteiger partial charge in [0.25, 0.3) is 5.91 Å². The fraction of sp³-hybridized carbons (Fsp3) is 0.263. The maximum absolute atomic E-state index is 12.5. The first-order chi connectivity index (χ1) is 11.0. The molecule has 3 aromatic rings. The highest BCUT2D eigenvalue weighted by Crippen LogP contribution is 2.24. The molecule has 0 atom stereocenters. The highest BCUT2D eigenvalue weighted by atomic mass is 16.3. The molecule has 1 N–H and O–H groups in total. The first-order valence-corrected chi connectivity index (χ1v) is 7.74. The van der Waals surface area contributed by atoms with Crippen LogP contribution < -0.4 is 5.32 Å². The molecule has 4 nitrogen and oxygen atoms in total. The van der Waals surface area contributed by atoms with Crippen molar-refractivity contribution in [3.63, 3.8) is 0 Å². The van der Waals surface area contributed by atoms with Gasteiger partial charge in [-0.05, 0) is 43.2 Å². The molecule has 0 aliphatic heterocycles. The molecule has 0 unspecified atom stereocenters. The summed E-state index contributed by atoms with van der Waals surface area (Å²) >= 11 is 0. The lowest BCUT2D eigenvalue weighted by Gasteiger charge is -2.11. The van der Waals surface area contributed by atoms with Crippen molar-refractivity contribution >= 4 is 22.7 Å². The minimum Gasteiger partial charge on any atom is -0.440 e. The van der Waals surface area contributed by atoms with E-state index >= 15 is 0 Å². The third-order valence-corrected chi connectivity index (χ3v) is 3.88. The van der Waals surface area contributed by atoms with Crippen LogP contribution in [0.2, 0.25) is 0 Å². The highest BCUT2D eigenvalue weighted by Gasteiger charge is 2.14. The average molecular weight is 308 g/mol. The van der Waals surface area contributed by atoms with Gasteiger partial charge < -0.3 is 9.73 Å². The zero-order valence-corrected chi connectivity index (χ0v) is 13.8. The Bertz CT molecular complexity index is 858. The number of carbonyl (C=O) groups is 1. The number of oxazole rings is 1. The molecule has 0 radical (unpaired) electrons. The van der Waals surface area contributed by atoms with Crippen molar-refractivity contribution in [2.75, 3.05) is 5.32 Å². The van der Waals surface area contributed by atoms with E-state index in [-0.39, 0.29) is 11.8 Å². The monoisotopic (exact) mass is 308 g/mol. The summed E-state index contributed by atoms with van der Waals surface area (Å²) in [6, 6.07) is 11.3. The molecule has 2 aromatic carbocycles. The molecule has 0 saturated heterocycles. The van der Waals surface area contributed by atoms with Crippen molar-refractivity contribution < 1.29 is 9.21 Å². The summed E-state index contributed by atoms with van der Waals surface area (Å²) in [5, 5.41) is 2.99. The van der Waals surface area contributed by atoms with Gasteiger partial charge in [0.2, 0.25) is 0 Å². The van der Waals surface area contributed by atoms with Gasteiger partial charge in [-0.25, -0.2) is 4.98 Å². The van der Waals surface area contributed by atoms with Gasteiger partial charge in [0.15, 0.2) is 11.5 Å². The molecule has 0 saturated carbocycles. The fourth-order valence-electron chi connectivity index (χ4n) is 2.53. The second kappa shape index (κ2) is 5.88. The van der Waals surface area contributed by atoms with Crippen LogP contribution in [0.25, 0.3) is 11.1 Å². The number of carbonyl (C=O) groups excluding carboxylic acids is 1.